The van der Waals surface area contributed by atoms with Crippen LogP contribution >= 0.6 is 7.82 Å². The average molecular weight is 994 g/mol. The number of likely N-dealkylation sites (N-methyl/N-ethyl adjacent to an activating group) is 1. The molecular weight excluding hydrogens is 894 g/mol. The van der Waals surface area contributed by atoms with Gasteiger partial charge in [0.15, 0.2) is 6.10 Å². The van der Waals surface area contributed by atoms with Gasteiger partial charge in [0.1, 0.15) is 19.8 Å². The van der Waals surface area contributed by atoms with Crippen molar-refractivity contribution in [1.82, 2.24) is 0 Å². The van der Waals surface area contributed by atoms with E-state index in [0.717, 1.165) is 109 Å². The third-order valence-electron chi connectivity index (χ3n) is 11.0. The standard InChI is InChI=1S/C60H100NO8P/c1-6-8-10-12-14-16-18-20-21-22-23-24-25-26-27-28-29-30-31-32-33-34-35-36-37-38-39-41-43-45-47-49-51-53-60(63)69-58(57-68-70(64,65)67-55-54-61(3,4)5)56-66-59(62)52-50-48-46-44-42-40-19-17-15-13-11-9-7-2/h8-11,14-17,20-21,23-24,26-27,29-30,32-33,40,42,58H,6-7,12-13,18-19,22,25,28,31,34-39,41,43-57H2,1-5H3/b10-8-,11-9-,16-14-,17-15-,21-20-,24-23-,27-26-,30-29-,33-32-,42-40-. The van der Waals surface area contributed by atoms with Gasteiger partial charge in [0.2, 0.25) is 0 Å². The van der Waals surface area contributed by atoms with Crippen LogP contribution in [0.2, 0.25) is 0 Å². The molecule has 0 aliphatic rings. The maximum Gasteiger partial charge on any atom is 0.306 e. The molecule has 0 rings (SSSR count). The highest BCUT2D eigenvalue weighted by atomic mass is 31.2. The molecule has 398 valence electrons. The van der Waals surface area contributed by atoms with E-state index in [9.17, 15) is 19.0 Å². The molecule has 2 atom stereocenters. The minimum atomic E-state index is -4.65. The van der Waals surface area contributed by atoms with E-state index >= 15 is 0 Å². The molecule has 0 saturated carbocycles. The van der Waals surface area contributed by atoms with Crippen molar-refractivity contribution in [1.29, 1.82) is 0 Å². The second-order valence-electron chi connectivity index (χ2n) is 18.8. The first-order chi connectivity index (χ1) is 34.0. The summed E-state index contributed by atoms with van der Waals surface area (Å²) in [6, 6.07) is 0. The Morgan fingerprint density at radius 2 is 0.771 bits per heavy atom. The van der Waals surface area contributed by atoms with E-state index in [1.807, 2.05) is 21.1 Å². The zero-order valence-electron chi connectivity index (χ0n) is 44.9. The van der Waals surface area contributed by atoms with Crippen LogP contribution in [0.3, 0.4) is 0 Å². The molecule has 0 aliphatic heterocycles. The summed E-state index contributed by atoms with van der Waals surface area (Å²) in [5.41, 5.74) is 0. The second-order valence-corrected chi connectivity index (χ2v) is 20.2. The lowest BCUT2D eigenvalue weighted by atomic mass is 10.0. The van der Waals surface area contributed by atoms with Crippen LogP contribution in [-0.2, 0) is 32.7 Å². The molecule has 0 heterocycles. The fourth-order valence-electron chi connectivity index (χ4n) is 6.83. The van der Waals surface area contributed by atoms with E-state index in [2.05, 4.69) is 135 Å². The molecule has 0 N–H and O–H groups in total. The van der Waals surface area contributed by atoms with Gasteiger partial charge >= 0.3 is 11.9 Å². The van der Waals surface area contributed by atoms with Gasteiger partial charge in [-0.2, -0.15) is 0 Å². The van der Waals surface area contributed by atoms with Crippen molar-refractivity contribution in [3.05, 3.63) is 122 Å². The van der Waals surface area contributed by atoms with Gasteiger partial charge in [0, 0.05) is 12.8 Å². The monoisotopic (exact) mass is 994 g/mol. The largest absolute Gasteiger partial charge is 0.756 e. The number of esters is 2. The van der Waals surface area contributed by atoms with E-state index in [1.165, 1.54) is 44.9 Å². The lowest BCUT2D eigenvalue weighted by Crippen LogP contribution is -2.37. The lowest BCUT2D eigenvalue weighted by molar-refractivity contribution is -0.870. The Bertz CT molecular complexity index is 1590. The number of allylic oxidation sites excluding steroid dienone is 20. The highest BCUT2D eigenvalue weighted by Crippen LogP contribution is 2.38. The minimum Gasteiger partial charge on any atom is -0.756 e. The Kier molecular flexibility index (Phi) is 47.8. The van der Waals surface area contributed by atoms with Crippen LogP contribution in [0.4, 0.5) is 0 Å². The third kappa shape index (κ3) is 53.8. The molecule has 0 aliphatic carbocycles. The first-order valence-corrected chi connectivity index (χ1v) is 28.7. The molecular formula is C60H100NO8P. The number of quaternary nitrogens is 1. The van der Waals surface area contributed by atoms with Crippen LogP contribution in [0.5, 0.6) is 0 Å². The number of carbonyl (C=O) groups excluding carboxylic acids is 2. The van der Waals surface area contributed by atoms with Crippen LogP contribution in [0.15, 0.2) is 122 Å². The Morgan fingerprint density at radius 1 is 0.443 bits per heavy atom. The number of rotatable bonds is 48. The smallest absolute Gasteiger partial charge is 0.306 e. The van der Waals surface area contributed by atoms with E-state index in [4.69, 9.17) is 18.5 Å². The van der Waals surface area contributed by atoms with E-state index in [1.54, 1.807) is 0 Å². The molecule has 0 fully saturated rings. The van der Waals surface area contributed by atoms with E-state index < -0.39 is 32.5 Å². The summed E-state index contributed by atoms with van der Waals surface area (Å²) >= 11 is 0. The summed E-state index contributed by atoms with van der Waals surface area (Å²) in [6.07, 6.45) is 71.1. The molecule has 0 radical (unpaired) electrons. The number of hydrogen-bond donors (Lipinski definition) is 0. The van der Waals surface area contributed by atoms with Gasteiger partial charge in [-0.3, -0.25) is 14.2 Å². The van der Waals surface area contributed by atoms with E-state index in [0.29, 0.717) is 23.9 Å². The highest BCUT2D eigenvalue weighted by Gasteiger charge is 2.21. The number of nitrogens with zero attached hydrogens (tertiary/aromatic N) is 1. The van der Waals surface area contributed by atoms with Gasteiger partial charge in [-0.25, -0.2) is 0 Å². The Hall–Kier alpha value is -3.59. The molecule has 9 nitrogen and oxygen atoms in total. The lowest BCUT2D eigenvalue weighted by Gasteiger charge is -2.28. The summed E-state index contributed by atoms with van der Waals surface area (Å²) in [5, 5.41) is 0. The third-order valence-corrected chi connectivity index (χ3v) is 11.9. The van der Waals surface area contributed by atoms with Crippen molar-refractivity contribution in [2.45, 2.75) is 200 Å². The van der Waals surface area contributed by atoms with Gasteiger partial charge in [0.25, 0.3) is 7.82 Å². The minimum absolute atomic E-state index is 0.0424. The maximum atomic E-state index is 12.8. The van der Waals surface area contributed by atoms with Crippen molar-refractivity contribution in [3.63, 3.8) is 0 Å². The van der Waals surface area contributed by atoms with Crippen molar-refractivity contribution in [2.24, 2.45) is 0 Å². The summed E-state index contributed by atoms with van der Waals surface area (Å²) in [6.45, 7) is 3.94. The number of ether oxygens (including phenoxy) is 2. The molecule has 2 unspecified atom stereocenters. The van der Waals surface area contributed by atoms with Gasteiger partial charge < -0.3 is 27.9 Å². The zero-order chi connectivity index (χ0) is 51.3. The average Bonchev–Trinajstić information content (AvgIpc) is 3.32. The Balaban J connectivity index is 4.16. The Labute approximate surface area is 428 Å². The molecule has 0 amide bonds. The number of phosphoric acid groups is 1. The highest BCUT2D eigenvalue weighted by molar-refractivity contribution is 7.45. The first kappa shape index (κ1) is 66.4. The molecule has 0 bridgehead atoms. The van der Waals surface area contributed by atoms with Crippen LogP contribution in [-0.4, -0.2) is 70.0 Å². The van der Waals surface area contributed by atoms with Gasteiger partial charge in [-0.15, -0.1) is 0 Å². The van der Waals surface area contributed by atoms with Crippen molar-refractivity contribution in [2.75, 3.05) is 47.5 Å². The van der Waals surface area contributed by atoms with Crippen LogP contribution < -0.4 is 4.89 Å². The normalized spacial score (nSPS) is 14.3. The second kappa shape index (κ2) is 50.4. The SMILES string of the molecule is CC/C=C\C/C=C\C/C=C\C/C=C\C/C=C\C/C=C\C/C=C\CCCCCCCCCCCCCC(=O)OC(COC(=O)CCCCC/C=C\C/C=C\C/C=C\CC)COP(=O)([O-])OCC[N+](C)(C)C. The summed E-state index contributed by atoms with van der Waals surface area (Å²) < 4.78 is 34.0. The van der Waals surface area contributed by atoms with Gasteiger partial charge in [-0.05, 0) is 103 Å². The molecule has 70 heavy (non-hydrogen) atoms. The van der Waals surface area contributed by atoms with Crippen molar-refractivity contribution < 1.29 is 42.1 Å². The topological polar surface area (TPSA) is 111 Å². The molecule has 0 spiro atoms. The molecule has 0 aromatic heterocycles. The summed E-state index contributed by atoms with van der Waals surface area (Å²) in [4.78, 5) is 37.7. The molecule has 0 aromatic rings. The molecule has 10 heteroatoms. The number of carbonyl (C=O) groups is 2. The quantitative estimate of drug-likeness (QED) is 0.0195. The predicted molar refractivity (Wildman–Crippen MR) is 295 cm³/mol. The Morgan fingerprint density at radius 3 is 1.16 bits per heavy atom. The van der Waals surface area contributed by atoms with Crippen LogP contribution in [0, 0.1) is 0 Å². The molecule has 0 aromatic carbocycles. The summed E-state index contributed by atoms with van der Waals surface area (Å²) in [7, 11) is 1.13. The van der Waals surface area contributed by atoms with Crippen LogP contribution in [0.25, 0.3) is 0 Å². The van der Waals surface area contributed by atoms with Crippen LogP contribution in [0.1, 0.15) is 194 Å². The van der Waals surface area contributed by atoms with Crippen molar-refractivity contribution >= 4 is 19.8 Å². The number of hydrogen-bond acceptors (Lipinski definition) is 8. The first-order valence-electron chi connectivity index (χ1n) is 27.2. The molecule has 0 saturated heterocycles. The van der Waals surface area contributed by atoms with Gasteiger partial charge in [0.05, 0.1) is 27.7 Å². The van der Waals surface area contributed by atoms with E-state index in [-0.39, 0.29) is 26.1 Å². The van der Waals surface area contributed by atoms with Gasteiger partial charge in [-0.1, -0.05) is 200 Å². The summed E-state index contributed by atoms with van der Waals surface area (Å²) in [5.74, 6) is -0.881. The fraction of sp³-hybridized carbons (Fsp3) is 0.633. The van der Waals surface area contributed by atoms with Crippen molar-refractivity contribution in [3.8, 4) is 0 Å². The number of phosphoric ester groups is 1. The fourth-order valence-corrected chi connectivity index (χ4v) is 7.55. The zero-order valence-corrected chi connectivity index (χ0v) is 45.8. The predicted octanol–water partition coefficient (Wildman–Crippen LogP) is 16.2. The number of unbranched alkanes of at least 4 members (excludes halogenated alkanes) is 14. The maximum absolute atomic E-state index is 12.8.